The molecule has 0 aromatic heterocycles. The first kappa shape index (κ1) is 8.92. The van der Waals surface area contributed by atoms with Gasteiger partial charge in [0.05, 0.1) is 0 Å². The Bertz CT molecular complexity index is 40.2. The van der Waals surface area contributed by atoms with Gasteiger partial charge in [-0.25, -0.2) is 0 Å². The SMILES string of the molecule is CCCCOCOCC. The summed E-state index contributed by atoms with van der Waals surface area (Å²) in [6, 6.07) is 0. The van der Waals surface area contributed by atoms with E-state index in [0.717, 1.165) is 19.6 Å². The highest BCUT2D eigenvalue weighted by molar-refractivity contribution is 4.27. The van der Waals surface area contributed by atoms with Crippen LogP contribution in [0.25, 0.3) is 0 Å². The van der Waals surface area contributed by atoms with Crippen LogP contribution in [0, 0.1) is 0 Å². The van der Waals surface area contributed by atoms with Crippen molar-refractivity contribution in [1.29, 1.82) is 0 Å². The molecule has 0 saturated heterocycles. The van der Waals surface area contributed by atoms with Crippen molar-refractivity contribution in [3.63, 3.8) is 0 Å². The van der Waals surface area contributed by atoms with Crippen molar-refractivity contribution < 1.29 is 9.47 Å². The fourth-order valence-corrected chi connectivity index (χ4v) is 0.448. The van der Waals surface area contributed by atoms with E-state index in [0.29, 0.717) is 6.79 Å². The predicted molar refractivity (Wildman–Crippen MR) is 37.4 cm³/mol. The van der Waals surface area contributed by atoms with Gasteiger partial charge in [-0.2, -0.15) is 0 Å². The average Bonchev–Trinajstić information content (AvgIpc) is 1.89. The molecular weight excluding hydrogens is 116 g/mol. The molecule has 0 saturated carbocycles. The van der Waals surface area contributed by atoms with Gasteiger partial charge < -0.3 is 9.47 Å². The zero-order valence-electron chi connectivity index (χ0n) is 6.35. The maximum absolute atomic E-state index is 5.09. The van der Waals surface area contributed by atoms with Gasteiger partial charge in [-0.05, 0) is 13.3 Å². The van der Waals surface area contributed by atoms with Crippen LogP contribution >= 0.6 is 0 Å². The van der Waals surface area contributed by atoms with E-state index in [9.17, 15) is 0 Å². The lowest BCUT2D eigenvalue weighted by atomic mass is 10.4. The topological polar surface area (TPSA) is 18.5 Å². The van der Waals surface area contributed by atoms with E-state index >= 15 is 0 Å². The van der Waals surface area contributed by atoms with Gasteiger partial charge in [0, 0.05) is 13.2 Å². The molecule has 0 spiro atoms. The predicted octanol–water partition coefficient (Wildman–Crippen LogP) is 1.80. The zero-order chi connectivity index (χ0) is 6.95. The van der Waals surface area contributed by atoms with Crippen molar-refractivity contribution in [1.82, 2.24) is 0 Å². The van der Waals surface area contributed by atoms with Crippen molar-refractivity contribution in [2.45, 2.75) is 26.7 Å². The molecule has 0 rings (SSSR count). The minimum Gasteiger partial charge on any atom is -0.356 e. The fourth-order valence-electron chi connectivity index (χ4n) is 0.448. The third-order valence-electron chi connectivity index (χ3n) is 1.01. The van der Waals surface area contributed by atoms with E-state index in [4.69, 9.17) is 9.47 Å². The molecule has 0 radical (unpaired) electrons. The summed E-state index contributed by atoms with van der Waals surface area (Å²) in [5, 5.41) is 0. The first-order valence-electron chi connectivity index (χ1n) is 3.57. The Morgan fingerprint density at radius 1 is 1.11 bits per heavy atom. The number of hydrogen-bond donors (Lipinski definition) is 0. The van der Waals surface area contributed by atoms with E-state index in [-0.39, 0.29) is 0 Å². The van der Waals surface area contributed by atoms with Crippen LogP contribution in [-0.2, 0) is 9.47 Å². The van der Waals surface area contributed by atoms with Crippen LogP contribution in [0.3, 0.4) is 0 Å². The average molecular weight is 132 g/mol. The quantitative estimate of drug-likeness (QED) is 0.405. The number of ether oxygens (including phenoxy) is 2. The third-order valence-corrected chi connectivity index (χ3v) is 1.01. The number of hydrogen-bond acceptors (Lipinski definition) is 2. The van der Waals surface area contributed by atoms with E-state index in [2.05, 4.69) is 6.92 Å². The van der Waals surface area contributed by atoms with Gasteiger partial charge in [0.25, 0.3) is 0 Å². The largest absolute Gasteiger partial charge is 0.356 e. The Morgan fingerprint density at radius 2 is 1.89 bits per heavy atom. The smallest absolute Gasteiger partial charge is 0.146 e. The molecule has 0 aromatic carbocycles. The number of rotatable bonds is 6. The van der Waals surface area contributed by atoms with Crippen LogP contribution in [0.5, 0.6) is 0 Å². The molecule has 0 aromatic rings. The highest BCUT2D eigenvalue weighted by Gasteiger charge is 1.83. The normalized spacial score (nSPS) is 10.0. The molecule has 0 heterocycles. The van der Waals surface area contributed by atoms with Crippen molar-refractivity contribution in [2.24, 2.45) is 0 Å². The maximum Gasteiger partial charge on any atom is 0.146 e. The van der Waals surface area contributed by atoms with Crippen LogP contribution < -0.4 is 0 Å². The summed E-state index contributed by atoms with van der Waals surface area (Å²) in [5.74, 6) is 0. The third kappa shape index (κ3) is 7.92. The molecule has 0 aliphatic heterocycles. The van der Waals surface area contributed by atoms with Crippen molar-refractivity contribution in [2.75, 3.05) is 20.0 Å². The van der Waals surface area contributed by atoms with Crippen molar-refractivity contribution in [3.05, 3.63) is 0 Å². The van der Waals surface area contributed by atoms with E-state index in [1.807, 2.05) is 6.92 Å². The van der Waals surface area contributed by atoms with Gasteiger partial charge in [-0.15, -0.1) is 0 Å². The molecular formula is C7H16O2. The summed E-state index contributed by atoms with van der Waals surface area (Å²) < 4.78 is 10.1. The second kappa shape index (κ2) is 7.92. The van der Waals surface area contributed by atoms with Crippen LogP contribution in [0.1, 0.15) is 26.7 Å². The molecule has 56 valence electrons. The van der Waals surface area contributed by atoms with Gasteiger partial charge in [-0.1, -0.05) is 13.3 Å². The molecule has 0 fully saturated rings. The highest BCUT2D eigenvalue weighted by Crippen LogP contribution is 1.87. The van der Waals surface area contributed by atoms with Gasteiger partial charge in [-0.3, -0.25) is 0 Å². The van der Waals surface area contributed by atoms with E-state index in [1.165, 1.54) is 6.42 Å². The molecule has 0 bridgehead atoms. The summed E-state index contributed by atoms with van der Waals surface area (Å²) in [6.07, 6.45) is 2.32. The molecule has 2 heteroatoms. The van der Waals surface area contributed by atoms with Crippen LogP contribution in [0.4, 0.5) is 0 Å². The lowest BCUT2D eigenvalue weighted by molar-refractivity contribution is -0.0499. The molecule has 0 amide bonds. The first-order valence-corrected chi connectivity index (χ1v) is 3.57. The molecule has 0 N–H and O–H groups in total. The summed E-state index contributed by atoms with van der Waals surface area (Å²) in [7, 11) is 0. The number of unbranched alkanes of at least 4 members (excludes halogenated alkanes) is 1. The van der Waals surface area contributed by atoms with E-state index in [1.54, 1.807) is 0 Å². The minimum atomic E-state index is 0.455. The zero-order valence-corrected chi connectivity index (χ0v) is 6.35. The minimum absolute atomic E-state index is 0.455. The van der Waals surface area contributed by atoms with Gasteiger partial charge in [0.1, 0.15) is 6.79 Å². The van der Waals surface area contributed by atoms with Crippen LogP contribution in [0.15, 0.2) is 0 Å². The summed E-state index contributed by atoms with van der Waals surface area (Å²) >= 11 is 0. The molecule has 0 aliphatic rings. The first-order chi connectivity index (χ1) is 4.41. The Kier molecular flexibility index (Phi) is 7.85. The Hall–Kier alpha value is -0.0800. The second-order valence-electron chi connectivity index (χ2n) is 1.87. The molecule has 9 heavy (non-hydrogen) atoms. The molecule has 2 nitrogen and oxygen atoms in total. The fraction of sp³-hybridized carbons (Fsp3) is 1.00. The second-order valence-corrected chi connectivity index (χ2v) is 1.87. The molecule has 0 unspecified atom stereocenters. The maximum atomic E-state index is 5.09. The summed E-state index contributed by atoms with van der Waals surface area (Å²) in [6.45, 7) is 6.13. The van der Waals surface area contributed by atoms with Crippen molar-refractivity contribution >= 4 is 0 Å². The monoisotopic (exact) mass is 132 g/mol. The van der Waals surface area contributed by atoms with E-state index < -0.39 is 0 Å². The Labute approximate surface area is 57.2 Å². The van der Waals surface area contributed by atoms with Crippen LogP contribution in [-0.4, -0.2) is 20.0 Å². The van der Waals surface area contributed by atoms with Crippen molar-refractivity contribution in [3.8, 4) is 0 Å². The van der Waals surface area contributed by atoms with Crippen LogP contribution in [0.2, 0.25) is 0 Å². The lowest BCUT2D eigenvalue weighted by Crippen LogP contribution is -2.00. The highest BCUT2D eigenvalue weighted by atomic mass is 16.7. The Balaban J connectivity index is 2.60. The standard InChI is InChI=1S/C7H16O2/c1-3-5-6-9-7-8-4-2/h3-7H2,1-2H3. The molecule has 0 aliphatic carbocycles. The Morgan fingerprint density at radius 3 is 2.44 bits per heavy atom. The van der Waals surface area contributed by atoms with Gasteiger partial charge in [0.15, 0.2) is 0 Å². The summed E-state index contributed by atoms with van der Waals surface area (Å²) in [5.41, 5.74) is 0. The van der Waals surface area contributed by atoms with Gasteiger partial charge in [0.2, 0.25) is 0 Å². The van der Waals surface area contributed by atoms with Gasteiger partial charge >= 0.3 is 0 Å². The lowest BCUT2D eigenvalue weighted by Gasteiger charge is -2.01. The molecule has 0 atom stereocenters. The summed E-state index contributed by atoms with van der Waals surface area (Å²) in [4.78, 5) is 0.